The molecular formula is C20H28N4O2S2. The molecule has 1 aliphatic heterocycles. The molecule has 152 valence electrons. The zero-order chi connectivity index (χ0) is 19.2. The van der Waals surface area contributed by atoms with Gasteiger partial charge in [-0.1, -0.05) is 37.1 Å². The quantitative estimate of drug-likeness (QED) is 0.654. The highest BCUT2D eigenvalue weighted by atomic mass is 32.2. The molecule has 6 nitrogen and oxygen atoms in total. The molecule has 1 amide bonds. The Morgan fingerprint density at radius 2 is 2.14 bits per heavy atom. The maximum absolute atomic E-state index is 12.3. The van der Waals surface area contributed by atoms with Crippen molar-refractivity contribution in [2.24, 2.45) is 5.92 Å². The topological polar surface area (TPSA) is 69.0 Å². The van der Waals surface area contributed by atoms with E-state index < -0.39 is 0 Å². The van der Waals surface area contributed by atoms with Gasteiger partial charge in [0.15, 0.2) is 11.0 Å². The summed E-state index contributed by atoms with van der Waals surface area (Å²) in [4.78, 5) is 13.4. The van der Waals surface area contributed by atoms with E-state index in [2.05, 4.69) is 26.1 Å². The number of thioether (sulfide) groups is 1. The molecule has 2 aliphatic rings. The number of hydrogen-bond acceptors (Lipinski definition) is 6. The van der Waals surface area contributed by atoms with Crippen LogP contribution in [-0.2, 0) is 16.1 Å². The van der Waals surface area contributed by atoms with Crippen LogP contribution in [0.5, 0.6) is 0 Å². The predicted octanol–water partition coefficient (Wildman–Crippen LogP) is 3.97. The van der Waals surface area contributed by atoms with Crippen molar-refractivity contribution in [1.29, 1.82) is 0 Å². The lowest BCUT2D eigenvalue weighted by Gasteiger charge is -2.21. The molecule has 1 aliphatic carbocycles. The second-order valence-electron chi connectivity index (χ2n) is 7.63. The van der Waals surface area contributed by atoms with Gasteiger partial charge in [-0.15, -0.1) is 21.5 Å². The van der Waals surface area contributed by atoms with E-state index in [1.54, 1.807) is 11.3 Å². The Kier molecular flexibility index (Phi) is 7.04. The van der Waals surface area contributed by atoms with Crippen LogP contribution in [0.4, 0.5) is 0 Å². The van der Waals surface area contributed by atoms with E-state index in [0.717, 1.165) is 48.4 Å². The number of ether oxygens (including phenoxy) is 1. The van der Waals surface area contributed by atoms with Crippen molar-refractivity contribution in [1.82, 2.24) is 20.1 Å². The summed E-state index contributed by atoms with van der Waals surface area (Å²) in [6, 6.07) is 4.09. The van der Waals surface area contributed by atoms with Gasteiger partial charge < -0.3 is 10.1 Å². The molecule has 1 saturated carbocycles. The number of carbonyl (C=O) groups excluding carboxylic acids is 1. The van der Waals surface area contributed by atoms with Crippen molar-refractivity contribution in [3.8, 4) is 10.7 Å². The highest BCUT2D eigenvalue weighted by Gasteiger charge is 2.23. The minimum absolute atomic E-state index is 0.0833. The van der Waals surface area contributed by atoms with Crippen molar-refractivity contribution < 1.29 is 9.53 Å². The fourth-order valence-corrected chi connectivity index (χ4v) is 5.47. The van der Waals surface area contributed by atoms with E-state index >= 15 is 0 Å². The van der Waals surface area contributed by atoms with Gasteiger partial charge >= 0.3 is 0 Å². The van der Waals surface area contributed by atoms with Crippen LogP contribution in [0.25, 0.3) is 10.7 Å². The van der Waals surface area contributed by atoms with Gasteiger partial charge in [0.2, 0.25) is 5.91 Å². The summed E-state index contributed by atoms with van der Waals surface area (Å²) in [6.45, 7) is 2.38. The van der Waals surface area contributed by atoms with Gasteiger partial charge in [-0.25, -0.2) is 0 Å². The first kappa shape index (κ1) is 19.9. The maximum atomic E-state index is 12.3. The molecular weight excluding hydrogens is 392 g/mol. The molecule has 8 heteroatoms. The summed E-state index contributed by atoms with van der Waals surface area (Å²) in [5, 5.41) is 14.8. The lowest BCUT2D eigenvalue weighted by Crippen LogP contribution is -2.31. The Morgan fingerprint density at radius 1 is 1.25 bits per heavy atom. The lowest BCUT2D eigenvalue weighted by atomic mass is 9.89. The van der Waals surface area contributed by atoms with Crippen molar-refractivity contribution in [3.05, 3.63) is 17.5 Å². The summed E-state index contributed by atoms with van der Waals surface area (Å²) in [7, 11) is 0. The zero-order valence-electron chi connectivity index (χ0n) is 16.1. The maximum Gasteiger partial charge on any atom is 0.230 e. The molecule has 1 atom stereocenters. The second-order valence-corrected chi connectivity index (χ2v) is 9.52. The molecule has 2 aromatic rings. The second kappa shape index (κ2) is 9.89. The molecule has 0 bridgehead atoms. The number of thiophene rings is 1. The molecule has 2 aromatic heterocycles. The molecule has 0 radical (unpaired) electrons. The van der Waals surface area contributed by atoms with E-state index in [1.807, 2.05) is 11.4 Å². The van der Waals surface area contributed by atoms with Crippen LogP contribution in [-0.4, -0.2) is 45.7 Å². The average molecular weight is 421 g/mol. The number of hydrogen-bond donors (Lipinski definition) is 1. The van der Waals surface area contributed by atoms with E-state index in [0.29, 0.717) is 11.7 Å². The van der Waals surface area contributed by atoms with Crippen LogP contribution < -0.4 is 5.32 Å². The fourth-order valence-electron chi connectivity index (χ4n) is 3.97. The number of rotatable bonds is 8. The van der Waals surface area contributed by atoms with Crippen LogP contribution >= 0.6 is 23.1 Å². The van der Waals surface area contributed by atoms with Crippen molar-refractivity contribution in [2.75, 3.05) is 18.9 Å². The summed E-state index contributed by atoms with van der Waals surface area (Å²) in [5.74, 6) is 1.98. The fraction of sp³-hybridized carbons (Fsp3) is 0.650. The summed E-state index contributed by atoms with van der Waals surface area (Å²) in [5.41, 5.74) is 0. The molecule has 2 fully saturated rings. The van der Waals surface area contributed by atoms with Gasteiger partial charge in [0.25, 0.3) is 0 Å². The molecule has 0 unspecified atom stereocenters. The van der Waals surface area contributed by atoms with Crippen molar-refractivity contribution >= 4 is 29.0 Å². The highest BCUT2D eigenvalue weighted by Crippen LogP contribution is 2.29. The van der Waals surface area contributed by atoms with E-state index in [9.17, 15) is 4.79 Å². The normalized spacial score (nSPS) is 20.5. The highest BCUT2D eigenvalue weighted by molar-refractivity contribution is 7.99. The van der Waals surface area contributed by atoms with Crippen molar-refractivity contribution in [3.63, 3.8) is 0 Å². The third kappa shape index (κ3) is 5.15. The van der Waals surface area contributed by atoms with E-state index in [-0.39, 0.29) is 12.0 Å². The van der Waals surface area contributed by atoms with Crippen LogP contribution in [0.1, 0.15) is 44.9 Å². The average Bonchev–Trinajstić information content (AvgIpc) is 3.48. The molecule has 3 heterocycles. The summed E-state index contributed by atoms with van der Waals surface area (Å²) in [6.07, 6.45) is 8.80. The third-order valence-corrected chi connectivity index (χ3v) is 7.35. The number of aromatic nitrogens is 3. The van der Waals surface area contributed by atoms with E-state index in [1.165, 1.54) is 43.9 Å². The summed E-state index contributed by atoms with van der Waals surface area (Å²) >= 11 is 3.13. The Balaban J connectivity index is 1.36. The Labute approximate surface area is 174 Å². The molecule has 0 spiro atoms. The Hall–Kier alpha value is -1.38. The van der Waals surface area contributed by atoms with E-state index in [4.69, 9.17) is 4.74 Å². The van der Waals surface area contributed by atoms with Crippen molar-refractivity contribution in [2.45, 2.75) is 62.8 Å². The van der Waals surface area contributed by atoms with Crippen LogP contribution in [0.15, 0.2) is 22.7 Å². The minimum Gasteiger partial charge on any atom is -0.376 e. The van der Waals surface area contributed by atoms with Crippen LogP contribution in [0, 0.1) is 5.92 Å². The van der Waals surface area contributed by atoms with Crippen LogP contribution in [0.2, 0.25) is 0 Å². The zero-order valence-corrected chi connectivity index (χ0v) is 17.8. The Morgan fingerprint density at radius 3 is 2.89 bits per heavy atom. The first-order valence-corrected chi connectivity index (χ1v) is 12.1. The number of nitrogens with one attached hydrogen (secondary N) is 1. The lowest BCUT2D eigenvalue weighted by molar-refractivity contribution is -0.118. The monoisotopic (exact) mass is 420 g/mol. The van der Waals surface area contributed by atoms with Gasteiger partial charge in [-0.3, -0.25) is 9.36 Å². The minimum atomic E-state index is 0.0833. The first-order valence-electron chi connectivity index (χ1n) is 10.3. The Bertz CT molecular complexity index is 750. The first-order chi connectivity index (χ1) is 13.8. The van der Waals surface area contributed by atoms with Gasteiger partial charge in [-0.2, -0.15) is 0 Å². The standard InChI is InChI=1S/C20H28N4O2S2/c25-18(21-12-15-6-2-1-3-7-15)14-28-20-23-22-19(17-9-5-11-27-17)24(20)13-16-8-4-10-26-16/h5,9,11,15-16H,1-4,6-8,10,12-14H2,(H,21,25)/t16-/m1/s1. The molecule has 1 N–H and O–H groups in total. The van der Waals surface area contributed by atoms with Gasteiger partial charge in [0.05, 0.1) is 23.3 Å². The molecule has 1 saturated heterocycles. The number of amides is 1. The van der Waals surface area contributed by atoms with Crippen LogP contribution in [0.3, 0.4) is 0 Å². The molecule has 28 heavy (non-hydrogen) atoms. The van der Waals surface area contributed by atoms with Gasteiger partial charge in [0, 0.05) is 13.2 Å². The SMILES string of the molecule is O=C(CSc1nnc(-c2cccs2)n1C[C@H]1CCCO1)NCC1CCCCC1. The number of nitrogens with zero attached hydrogens (tertiary/aromatic N) is 3. The predicted molar refractivity (Wildman–Crippen MR) is 113 cm³/mol. The molecule has 0 aromatic carbocycles. The number of carbonyl (C=O) groups is 1. The smallest absolute Gasteiger partial charge is 0.230 e. The summed E-state index contributed by atoms with van der Waals surface area (Å²) < 4.78 is 7.95. The van der Waals surface area contributed by atoms with Gasteiger partial charge in [-0.05, 0) is 43.0 Å². The third-order valence-electron chi connectivity index (χ3n) is 5.51. The van der Waals surface area contributed by atoms with Gasteiger partial charge in [0.1, 0.15) is 0 Å². The molecule has 4 rings (SSSR count). The largest absolute Gasteiger partial charge is 0.376 e.